The first-order chi connectivity index (χ1) is 9.65. The van der Waals surface area contributed by atoms with Crippen LogP contribution in [0.25, 0.3) is 0 Å². The van der Waals surface area contributed by atoms with Crippen LogP contribution in [0.5, 0.6) is 0 Å². The lowest BCUT2D eigenvalue weighted by Crippen LogP contribution is -2.30. The Morgan fingerprint density at radius 3 is 2.80 bits per heavy atom. The van der Waals surface area contributed by atoms with Crippen LogP contribution in [0.3, 0.4) is 0 Å². The second-order valence-electron chi connectivity index (χ2n) is 4.68. The number of nitrogens with one attached hydrogen (secondary N) is 1. The molecule has 0 aliphatic heterocycles. The predicted octanol–water partition coefficient (Wildman–Crippen LogP) is 2.06. The third-order valence-corrected chi connectivity index (χ3v) is 3.43. The summed E-state index contributed by atoms with van der Waals surface area (Å²) < 4.78 is 0. The zero-order valence-corrected chi connectivity index (χ0v) is 10.5. The van der Waals surface area contributed by atoms with Gasteiger partial charge in [-0.2, -0.15) is 0 Å². The second kappa shape index (κ2) is 4.77. The van der Waals surface area contributed by atoms with E-state index in [0.717, 1.165) is 5.56 Å². The fraction of sp³-hybridized carbons (Fsp3) is 0.133. The van der Waals surface area contributed by atoms with Crippen LogP contribution in [0.2, 0.25) is 0 Å². The molecule has 0 radical (unpaired) electrons. The first-order valence-electron chi connectivity index (χ1n) is 6.23. The molecule has 0 saturated carbocycles. The van der Waals surface area contributed by atoms with E-state index in [4.69, 9.17) is 5.11 Å². The zero-order valence-electron chi connectivity index (χ0n) is 10.5. The Balaban J connectivity index is 1.75. The van der Waals surface area contributed by atoms with Crippen molar-refractivity contribution in [2.45, 2.75) is 12.3 Å². The molecular weight excluding hydrogens is 256 g/mol. The fourth-order valence-corrected chi connectivity index (χ4v) is 2.34. The number of anilines is 1. The summed E-state index contributed by atoms with van der Waals surface area (Å²) in [6.07, 6.45) is 2.08. The minimum Gasteiger partial charge on any atom is -0.478 e. The summed E-state index contributed by atoms with van der Waals surface area (Å²) >= 11 is 0. The summed E-state index contributed by atoms with van der Waals surface area (Å²) in [5, 5.41) is 11.6. The van der Waals surface area contributed by atoms with Gasteiger partial charge in [0.15, 0.2) is 0 Å². The highest BCUT2D eigenvalue weighted by Gasteiger charge is 2.31. The molecule has 2 N–H and O–H groups in total. The number of rotatable bonds is 3. The van der Waals surface area contributed by atoms with Gasteiger partial charge < -0.3 is 10.4 Å². The molecule has 1 aliphatic carbocycles. The van der Waals surface area contributed by atoms with E-state index in [0.29, 0.717) is 6.42 Å². The SMILES string of the molecule is O=C(O)c1ccnc(NC(=O)C2Cc3ccccc32)c1. The molecule has 1 amide bonds. The Bertz CT molecular complexity index is 697. The van der Waals surface area contributed by atoms with Crippen LogP contribution in [-0.4, -0.2) is 22.0 Å². The number of carboxylic acids is 1. The van der Waals surface area contributed by atoms with Crippen molar-refractivity contribution in [1.82, 2.24) is 4.98 Å². The van der Waals surface area contributed by atoms with E-state index in [1.807, 2.05) is 24.3 Å². The van der Waals surface area contributed by atoms with E-state index in [9.17, 15) is 9.59 Å². The van der Waals surface area contributed by atoms with Crippen molar-refractivity contribution in [3.05, 3.63) is 59.3 Å². The van der Waals surface area contributed by atoms with Crippen LogP contribution in [0.4, 0.5) is 5.82 Å². The van der Waals surface area contributed by atoms with E-state index in [1.165, 1.54) is 23.9 Å². The van der Waals surface area contributed by atoms with E-state index in [-0.39, 0.29) is 23.2 Å². The molecule has 3 rings (SSSR count). The molecule has 1 aromatic heterocycles. The Kier molecular flexibility index (Phi) is 2.95. The number of carbonyl (C=O) groups excluding carboxylic acids is 1. The first-order valence-corrected chi connectivity index (χ1v) is 6.23. The van der Waals surface area contributed by atoms with Crippen LogP contribution in [0, 0.1) is 0 Å². The van der Waals surface area contributed by atoms with Crippen molar-refractivity contribution >= 4 is 17.7 Å². The molecule has 0 saturated heterocycles. The molecule has 20 heavy (non-hydrogen) atoms. The van der Waals surface area contributed by atoms with E-state index >= 15 is 0 Å². The highest BCUT2D eigenvalue weighted by molar-refractivity contribution is 5.98. The topological polar surface area (TPSA) is 79.3 Å². The van der Waals surface area contributed by atoms with Gasteiger partial charge in [-0.15, -0.1) is 0 Å². The van der Waals surface area contributed by atoms with Crippen molar-refractivity contribution in [3.63, 3.8) is 0 Å². The average molecular weight is 268 g/mol. The fourth-order valence-electron chi connectivity index (χ4n) is 2.34. The summed E-state index contributed by atoms with van der Waals surface area (Å²) in [7, 11) is 0. The highest BCUT2D eigenvalue weighted by Crippen LogP contribution is 2.35. The molecule has 1 atom stereocenters. The molecule has 1 aliphatic rings. The van der Waals surface area contributed by atoms with Crippen molar-refractivity contribution in [3.8, 4) is 0 Å². The van der Waals surface area contributed by atoms with Gasteiger partial charge in [0.1, 0.15) is 5.82 Å². The summed E-state index contributed by atoms with van der Waals surface area (Å²) in [5.74, 6) is -1.11. The van der Waals surface area contributed by atoms with E-state index < -0.39 is 5.97 Å². The monoisotopic (exact) mass is 268 g/mol. The largest absolute Gasteiger partial charge is 0.478 e. The van der Waals surface area contributed by atoms with Crippen molar-refractivity contribution in [2.75, 3.05) is 5.32 Å². The summed E-state index contributed by atoms with van der Waals surface area (Å²) in [6, 6.07) is 10.5. The molecular formula is C15H12N2O3. The zero-order chi connectivity index (χ0) is 14.1. The van der Waals surface area contributed by atoms with Crippen LogP contribution in [0.15, 0.2) is 42.6 Å². The van der Waals surface area contributed by atoms with Crippen LogP contribution < -0.4 is 5.32 Å². The maximum Gasteiger partial charge on any atom is 0.335 e. The summed E-state index contributed by atoms with van der Waals surface area (Å²) in [4.78, 5) is 27.0. The van der Waals surface area contributed by atoms with E-state index in [1.54, 1.807) is 0 Å². The average Bonchev–Trinajstić information content (AvgIpc) is 2.40. The summed E-state index contributed by atoms with van der Waals surface area (Å²) in [5.41, 5.74) is 2.31. The number of hydrogen-bond acceptors (Lipinski definition) is 3. The van der Waals surface area contributed by atoms with Crippen LogP contribution >= 0.6 is 0 Å². The Labute approximate surface area is 115 Å². The quantitative estimate of drug-likeness (QED) is 0.893. The van der Waals surface area contributed by atoms with Gasteiger partial charge in [0.05, 0.1) is 11.5 Å². The number of pyridine rings is 1. The molecule has 100 valence electrons. The molecule has 2 aromatic rings. The third kappa shape index (κ3) is 2.14. The Morgan fingerprint density at radius 1 is 1.25 bits per heavy atom. The molecule has 1 aromatic carbocycles. The second-order valence-corrected chi connectivity index (χ2v) is 4.68. The number of amides is 1. The van der Waals surface area contributed by atoms with Gasteiger partial charge in [0, 0.05) is 6.20 Å². The Morgan fingerprint density at radius 2 is 2.05 bits per heavy atom. The molecule has 1 heterocycles. The van der Waals surface area contributed by atoms with Gasteiger partial charge in [-0.1, -0.05) is 24.3 Å². The number of carboxylic acid groups (broad SMARTS) is 1. The predicted molar refractivity (Wildman–Crippen MR) is 72.7 cm³/mol. The van der Waals surface area contributed by atoms with Crippen LogP contribution in [0.1, 0.15) is 27.4 Å². The molecule has 0 spiro atoms. The third-order valence-electron chi connectivity index (χ3n) is 3.43. The molecule has 5 heteroatoms. The molecule has 0 bridgehead atoms. The minimum absolute atomic E-state index is 0.101. The summed E-state index contributed by atoms with van der Waals surface area (Å²) in [6.45, 7) is 0. The molecule has 1 unspecified atom stereocenters. The van der Waals surface area contributed by atoms with Gasteiger partial charge in [-0.05, 0) is 29.7 Å². The van der Waals surface area contributed by atoms with E-state index in [2.05, 4.69) is 10.3 Å². The number of aromatic carboxylic acids is 1. The number of nitrogens with zero attached hydrogens (tertiary/aromatic N) is 1. The molecule has 0 fully saturated rings. The van der Waals surface area contributed by atoms with Crippen molar-refractivity contribution in [2.24, 2.45) is 0 Å². The lowest BCUT2D eigenvalue weighted by molar-refractivity contribution is -0.118. The lowest BCUT2D eigenvalue weighted by atomic mass is 9.77. The maximum atomic E-state index is 12.1. The highest BCUT2D eigenvalue weighted by atomic mass is 16.4. The number of aromatic nitrogens is 1. The van der Waals surface area contributed by atoms with Crippen molar-refractivity contribution < 1.29 is 14.7 Å². The Hall–Kier alpha value is -2.69. The number of fused-ring (bicyclic) bond motifs is 1. The van der Waals surface area contributed by atoms with Gasteiger partial charge in [-0.3, -0.25) is 4.79 Å². The van der Waals surface area contributed by atoms with Gasteiger partial charge in [-0.25, -0.2) is 9.78 Å². The van der Waals surface area contributed by atoms with Gasteiger partial charge >= 0.3 is 5.97 Å². The maximum absolute atomic E-state index is 12.1. The van der Waals surface area contributed by atoms with Crippen LogP contribution in [-0.2, 0) is 11.2 Å². The lowest BCUT2D eigenvalue weighted by Gasteiger charge is -2.28. The standard InChI is InChI=1S/C15H12N2O3/c18-14(12-7-9-3-1-2-4-11(9)12)17-13-8-10(15(19)20)5-6-16-13/h1-6,8,12H,7H2,(H,19,20)(H,16,17,18). The first kappa shape index (κ1) is 12.3. The van der Waals surface area contributed by atoms with Crippen molar-refractivity contribution in [1.29, 1.82) is 0 Å². The smallest absolute Gasteiger partial charge is 0.335 e. The van der Waals surface area contributed by atoms with Gasteiger partial charge in [0.25, 0.3) is 0 Å². The molecule has 5 nitrogen and oxygen atoms in total. The number of carbonyl (C=O) groups is 2. The minimum atomic E-state index is -1.04. The number of hydrogen-bond donors (Lipinski definition) is 2. The normalized spacial score (nSPS) is 15.9. The van der Waals surface area contributed by atoms with Gasteiger partial charge in [0.2, 0.25) is 5.91 Å². The number of benzene rings is 1.